The minimum atomic E-state index is -0.863. The first-order chi connectivity index (χ1) is 8.45. The smallest absolute Gasteiger partial charge is 0.310 e. The van der Waals surface area contributed by atoms with Crippen LogP contribution in [-0.4, -0.2) is 30.7 Å². The van der Waals surface area contributed by atoms with E-state index in [-0.39, 0.29) is 0 Å². The maximum absolute atomic E-state index is 11.1. The Bertz CT molecular complexity index is 618. The number of nitrogens with zero attached hydrogens (tertiary/aromatic N) is 4. The normalized spacial score (nSPS) is 12.9. The van der Waals surface area contributed by atoms with Gasteiger partial charge in [0.1, 0.15) is 0 Å². The molecule has 2 aromatic rings. The van der Waals surface area contributed by atoms with Gasteiger partial charge in [-0.05, 0) is 20.8 Å². The Morgan fingerprint density at radius 3 is 2.61 bits per heavy atom. The highest BCUT2D eigenvalue weighted by Gasteiger charge is 2.22. The van der Waals surface area contributed by atoms with Crippen molar-refractivity contribution in [1.82, 2.24) is 19.6 Å². The van der Waals surface area contributed by atoms with Gasteiger partial charge in [-0.2, -0.15) is 4.98 Å². The summed E-state index contributed by atoms with van der Waals surface area (Å²) in [5.74, 6) is -0.220. The third-order valence-electron chi connectivity index (χ3n) is 3.12. The van der Waals surface area contributed by atoms with Crippen LogP contribution in [0.4, 0.5) is 0 Å². The van der Waals surface area contributed by atoms with E-state index >= 15 is 0 Å². The molecule has 0 aliphatic heterocycles. The average molecular weight is 248 g/mol. The summed E-state index contributed by atoms with van der Waals surface area (Å²) in [4.78, 5) is 19.8. The molecule has 0 saturated heterocycles. The van der Waals surface area contributed by atoms with Crippen molar-refractivity contribution in [2.45, 2.75) is 40.0 Å². The predicted octanol–water partition coefficient (Wildman–Crippen LogP) is 1.49. The highest BCUT2D eigenvalue weighted by Crippen LogP contribution is 2.23. The molecule has 2 aromatic heterocycles. The number of hydrogen-bond acceptors (Lipinski definition) is 4. The highest BCUT2D eigenvalue weighted by atomic mass is 16.4. The molecule has 2 heterocycles. The molecule has 1 N–H and O–H groups in total. The summed E-state index contributed by atoms with van der Waals surface area (Å²) in [6, 6.07) is 0. The molecule has 1 atom stereocenters. The fourth-order valence-electron chi connectivity index (χ4n) is 2.13. The number of aromatic nitrogens is 4. The molecule has 6 nitrogen and oxygen atoms in total. The lowest BCUT2D eigenvalue weighted by Crippen LogP contribution is -2.14. The number of carboxylic acids is 1. The summed E-state index contributed by atoms with van der Waals surface area (Å²) in [6.07, 6.45) is 0.728. The first-order valence-electron chi connectivity index (χ1n) is 5.91. The van der Waals surface area contributed by atoms with Crippen molar-refractivity contribution in [1.29, 1.82) is 0 Å². The van der Waals surface area contributed by atoms with Gasteiger partial charge in [0.2, 0.25) is 0 Å². The second kappa shape index (κ2) is 4.36. The van der Waals surface area contributed by atoms with Crippen LogP contribution in [0.5, 0.6) is 0 Å². The predicted molar refractivity (Wildman–Crippen MR) is 65.7 cm³/mol. The van der Waals surface area contributed by atoms with Crippen molar-refractivity contribution in [2.75, 3.05) is 0 Å². The minimum Gasteiger partial charge on any atom is -0.481 e. The summed E-state index contributed by atoms with van der Waals surface area (Å²) in [6.45, 7) is 7.28. The molecule has 0 spiro atoms. The molecule has 1 unspecified atom stereocenters. The van der Waals surface area contributed by atoms with E-state index in [9.17, 15) is 4.79 Å². The third-order valence-corrected chi connectivity index (χ3v) is 3.12. The Kier molecular flexibility index (Phi) is 3.02. The lowest BCUT2D eigenvalue weighted by Gasteiger charge is -2.13. The van der Waals surface area contributed by atoms with E-state index in [1.165, 1.54) is 0 Å². The van der Waals surface area contributed by atoms with Gasteiger partial charge in [0.15, 0.2) is 5.82 Å². The number of aliphatic carboxylic acids is 1. The maximum Gasteiger partial charge on any atom is 0.310 e. The monoisotopic (exact) mass is 248 g/mol. The molecule has 0 amide bonds. The molecule has 0 aromatic carbocycles. The van der Waals surface area contributed by atoms with Crippen LogP contribution in [0.2, 0.25) is 0 Å². The summed E-state index contributed by atoms with van der Waals surface area (Å²) in [7, 11) is 0. The van der Waals surface area contributed by atoms with E-state index in [4.69, 9.17) is 5.11 Å². The maximum atomic E-state index is 11.1. The van der Waals surface area contributed by atoms with Gasteiger partial charge in [0.25, 0.3) is 5.78 Å². The van der Waals surface area contributed by atoms with Gasteiger partial charge in [0.05, 0.1) is 5.92 Å². The third kappa shape index (κ3) is 1.83. The highest BCUT2D eigenvalue weighted by molar-refractivity contribution is 5.76. The van der Waals surface area contributed by atoms with Crippen LogP contribution in [0.25, 0.3) is 5.78 Å². The molecular formula is C12H16N4O2. The van der Waals surface area contributed by atoms with E-state index in [1.54, 1.807) is 11.4 Å². The number of carboxylic acid groups (broad SMARTS) is 1. The summed E-state index contributed by atoms with van der Waals surface area (Å²) in [5.41, 5.74) is 2.20. The SMILES string of the molecule is CCc1nc2nc(C)c(C(C)C(=O)O)c(C)n2n1. The number of fused-ring (bicyclic) bond motifs is 1. The van der Waals surface area contributed by atoms with E-state index in [1.807, 2.05) is 20.8 Å². The lowest BCUT2D eigenvalue weighted by atomic mass is 9.98. The number of hydrogen-bond donors (Lipinski definition) is 1. The van der Waals surface area contributed by atoms with Crippen LogP contribution in [0.3, 0.4) is 0 Å². The molecule has 2 rings (SSSR count). The second-order valence-electron chi connectivity index (χ2n) is 4.35. The molecule has 18 heavy (non-hydrogen) atoms. The topological polar surface area (TPSA) is 80.4 Å². The Hall–Kier alpha value is -1.98. The van der Waals surface area contributed by atoms with Crippen molar-refractivity contribution in [3.05, 3.63) is 22.8 Å². The van der Waals surface area contributed by atoms with Crippen LogP contribution in [0.15, 0.2) is 0 Å². The first kappa shape index (κ1) is 12.5. The molecular weight excluding hydrogens is 232 g/mol. The molecule has 0 fully saturated rings. The van der Waals surface area contributed by atoms with Gasteiger partial charge in [-0.15, -0.1) is 5.10 Å². The van der Waals surface area contributed by atoms with Gasteiger partial charge < -0.3 is 5.11 Å². The lowest BCUT2D eigenvalue weighted by molar-refractivity contribution is -0.138. The molecule has 0 aliphatic rings. The molecule has 0 radical (unpaired) electrons. The largest absolute Gasteiger partial charge is 0.481 e. The molecule has 0 aliphatic carbocycles. The van der Waals surface area contributed by atoms with Gasteiger partial charge >= 0.3 is 5.97 Å². The van der Waals surface area contributed by atoms with Crippen molar-refractivity contribution < 1.29 is 9.90 Å². The fraction of sp³-hybridized carbons (Fsp3) is 0.500. The zero-order chi connectivity index (χ0) is 13.4. The zero-order valence-corrected chi connectivity index (χ0v) is 10.9. The van der Waals surface area contributed by atoms with E-state index < -0.39 is 11.9 Å². The second-order valence-corrected chi connectivity index (χ2v) is 4.35. The quantitative estimate of drug-likeness (QED) is 0.890. The van der Waals surface area contributed by atoms with E-state index in [2.05, 4.69) is 15.1 Å². The van der Waals surface area contributed by atoms with Crippen LogP contribution < -0.4 is 0 Å². The van der Waals surface area contributed by atoms with E-state index in [0.717, 1.165) is 12.1 Å². The number of aryl methyl sites for hydroxylation is 3. The zero-order valence-electron chi connectivity index (χ0n) is 10.9. The first-order valence-corrected chi connectivity index (χ1v) is 5.91. The summed E-state index contributed by atoms with van der Waals surface area (Å²) < 4.78 is 1.63. The average Bonchev–Trinajstić information content (AvgIpc) is 2.71. The standard InChI is InChI=1S/C12H16N4O2/c1-5-9-14-12-13-7(3)10(6(2)11(17)18)8(4)16(12)15-9/h6H,5H2,1-4H3,(H,17,18). The van der Waals surface area contributed by atoms with Crippen molar-refractivity contribution in [3.63, 3.8) is 0 Å². The molecule has 0 saturated carbocycles. The van der Waals surface area contributed by atoms with Crippen molar-refractivity contribution >= 4 is 11.7 Å². The van der Waals surface area contributed by atoms with Crippen molar-refractivity contribution in [3.8, 4) is 0 Å². The van der Waals surface area contributed by atoms with Crippen molar-refractivity contribution in [2.24, 2.45) is 0 Å². The molecule has 6 heteroatoms. The minimum absolute atomic E-state index is 0.531. The van der Waals surface area contributed by atoms with E-state index in [0.29, 0.717) is 22.9 Å². The fourth-order valence-corrected chi connectivity index (χ4v) is 2.13. The summed E-state index contributed by atoms with van der Waals surface area (Å²) >= 11 is 0. The van der Waals surface area contributed by atoms with Gasteiger partial charge in [-0.1, -0.05) is 6.92 Å². The van der Waals surface area contributed by atoms with Crippen LogP contribution in [0.1, 0.15) is 42.5 Å². The number of carbonyl (C=O) groups is 1. The Morgan fingerprint density at radius 1 is 1.39 bits per heavy atom. The Balaban J connectivity index is 2.71. The molecule has 0 bridgehead atoms. The van der Waals surface area contributed by atoms with Crippen LogP contribution in [0, 0.1) is 13.8 Å². The molecule has 96 valence electrons. The summed E-state index contributed by atoms with van der Waals surface area (Å²) in [5, 5.41) is 13.5. The van der Waals surface area contributed by atoms with Crippen LogP contribution in [-0.2, 0) is 11.2 Å². The van der Waals surface area contributed by atoms with Gasteiger partial charge in [-0.3, -0.25) is 4.79 Å². The number of rotatable bonds is 3. The Morgan fingerprint density at radius 2 is 2.06 bits per heavy atom. The van der Waals surface area contributed by atoms with Gasteiger partial charge in [-0.25, -0.2) is 9.50 Å². The van der Waals surface area contributed by atoms with Gasteiger partial charge in [0, 0.05) is 23.4 Å². The Labute approximate surface area is 105 Å². The van der Waals surface area contributed by atoms with Crippen LogP contribution >= 0.6 is 0 Å².